The minimum Gasteiger partial charge on any atom is -0.468 e. The number of ether oxygens (including phenoxy) is 1. The van der Waals surface area contributed by atoms with E-state index in [1.54, 1.807) is 0 Å². The molecule has 0 amide bonds. The number of fused-ring (bicyclic) bond motifs is 1. The van der Waals surface area contributed by atoms with Gasteiger partial charge in [-0.05, 0) is 31.2 Å². The van der Waals surface area contributed by atoms with Crippen molar-refractivity contribution in [2.24, 2.45) is 0 Å². The monoisotopic (exact) mass is 266 g/mol. The van der Waals surface area contributed by atoms with Crippen molar-refractivity contribution >= 4 is 16.9 Å². The molecule has 4 nitrogen and oxygen atoms in total. The van der Waals surface area contributed by atoms with Gasteiger partial charge in [0.25, 0.3) is 5.91 Å². The van der Waals surface area contributed by atoms with Crippen molar-refractivity contribution in [3.8, 4) is 6.01 Å². The molecule has 0 saturated heterocycles. The third kappa shape index (κ3) is 1.95. The van der Waals surface area contributed by atoms with Gasteiger partial charge < -0.3 is 4.74 Å². The lowest BCUT2D eigenvalue weighted by Gasteiger charge is -2.06. The summed E-state index contributed by atoms with van der Waals surface area (Å²) in [5.74, 6) is -0.143. The maximum atomic E-state index is 12.7. The van der Waals surface area contributed by atoms with E-state index in [9.17, 15) is 4.79 Å². The molecule has 2 aromatic carbocycles. The molecule has 0 unspecified atom stereocenters. The van der Waals surface area contributed by atoms with Gasteiger partial charge in [0.2, 0.25) is 0 Å². The molecule has 100 valence electrons. The van der Waals surface area contributed by atoms with Crippen LogP contribution >= 0.6 is 0 Å². The molecular formula is C16H14N2O2. The van der Waals surface area contributed by atoms with Gasteiger partial charge in [0.05, 0.1) is 18.1 Å². The van der Waals surface area contributed by atoms with Crippen LogP contribution in [0.4, 0.5) is 0 Å². The number of hydrogen-bond donors (Lipinski definition) is 0. The van der Waals surface area contributed by atoms with Crippen LogP contribution in [-0.2, 0) is 0 Å². The lowest BCUT2D eigenvalue weighted by atomic mass is 10.1. The molecule has 1 heterocycles. The summed E-state index contributed by atoms with van der Waals surface area (Å²) in [7, 11) is 1.51. The zero-order valence-electron chi connectivity index (χ0n) is 11.3. The Bertz CT molecular complexity index is 773. The number of benzene rings is 2. The van der Waals surface area contributed by atoms with E-state index in [0.29, 0.717) is 11.6 Å². The summed E-state index contributed by atoms with van der Waals surface area (Å²) >= 11 is 0. The number of hydrogen-bond acceptors (Lipinski definition) is 3. The van der Waals surface area contributed by atoms with Crippen LogP contribution in [0.2, 0.25) is 0 Å². The SMILES string of the molecule is COc1nc2ccccc2n1C(=O)c1ccc(C)cc1. The fourth-order valence-electron chi connectivity index (χ4n) is 2.16. The molecule has 0 fully saturated rings. The van der Waals surface area contributed by atoms with Crippen LogP contribution in [0.1, 0.15) is 15.9 Å². The molecular weight excluding hydrogens is 252 g/mol. The smallest absolute Gasteiger partial charge is 0.304 e. The summed E-state index contributed by atoms with van der Waals surface area (Å²) in [5.41, 5.74) is 3.21. The molecule has 0 aliphatic heterocycles. The van der Waals surface area contributed by atoms with Gasteiger partial charge >= 0.3 is 6.01 Å². The molecule has 0 aliphatic rings. The standard InChI is InChI=1S/C16H14N2O2/c1-11-7-9-12(10-8-11)15(19)18-14-6-4-3-5-13(14)17-16(18)20-2/h3-10H,1-2H3. The van der Waals surface area contributed by atoms with Crippen molar-refractivity contribution < 1.29 is 9.53 Å². The van der Waals surface area contributed by atoms with E-state index < -0.39 is 0 Å². The number of rotatable bonds is 2. The summed E-state index contributed by atoms with van der Waals surface area (Å²) in [4.78, 5) is 17.0. The lowest BCUT2D eigenvalue weighted by Crippen LogP contribution is -2.13. The number of aromatic nitrogens is 2. The first-order valence-corrected chi connectivity index (χ1v) is 6.33. The first-order valence-electron chi connectivity index (χ1n) is 6.33. The number of nitrogens with zero attached hydrogens (tertiary/aromatic N) is 2. The van der Waals surface area contributed by atoms with Crippen molar-refractivity contribution in [1.82, 2.24) is 9.55 Å². The van der Waals surface area contributed by atoms with E-state index in [-0.39, 0.29) is 5.91 Å². The van der Waals surface area contributed by atoms with Crippen molar-refractivity contribution in [2.45, 2.75) is 6.92 Å². The molecule has 0 aliphatic carbocycles. The van der Waals surface area contributed by atoms with Crippen LogP contribution in [0.3, 0.4) is 0 Å². The number of imidazole rings is 1. The Labute approximate surface area is 116 Å². The van der Waals surface area contributed by atoms with Gasteiger partial charge in [0.1, 0.15) is 0 Å². The van der Waals surface area contributed by atoms with E-state index >= 15 is 0 Å². The minimum absolute atomic E-state index is 0.143. The first kappa shape index (κ1) is 12.4. The van der Waals surface area contributed by atoms with Gasteiger partial charge in [-0.1, -0.05) is 29.8 Å². The second kappa shape index (κ2) is 4.81. The van der Waals surface area contributed by atoms with E-state index in [2.05, 4.69) is 4.98 Å². The number of aryl methyl sites for hydroxylation is 1. The first-order chi connectivity index (χ1) is 9.70. The van der Waals surface area contributed by atoms with E-state index in [4.69, 9.17) is 4.74 Å². The third-order valence-corrected chi connectivity index (χ3v) is 3.21. The highest BCUT2D eigenvalue weighted by molar-refractivity contribution is 6.02. The van der Waals surface area contributed by atoms with Crippen LogP contribution in [-0.4, -0.2) is 22.6 Å². The number of carbonyl (C=O) groups is 1. The molecule has 1 aromatic heterocycles. The van der Waals surface area contributed by atoms with Gasteiger partial charge in [-0.2, -0.15) is 4.98 Å². The Morgan fingerprint density at radius 1 is 1.10 bits per heavy atom. The van der Waals surface area contributed by atoms with Gasteiger partial charge in [0, 0.05) is 5.56 Å². The van der Waals surface area contributed by atoms with E-state index in [1.165, 1.54) is 11.7 Å². The molecule has 0 N–H and O–H groups in total. The predicted octanol–water partition coefficient (Wildman–Crippen LogP) is 3.04. The summed E-state index contributed by atoms with van der Waals surface area (Å²) in [6.07, 6.45) is 0. The van der Waals surface area contributed by atoms with Crippen molar-refractivity contribution in [3.63, 3.8) is 0 Å². The highest BCUT2D eigenvalue weighted by atomic mass is 16.5. The van der Waals surface area contributed by atoms with Crippen LogP contribution in [0, 0.1) is 6.92 Å². The summed E-state index contributed by atoms with van der Waals surface area (Å²) < 4.78 is 6.73. The molecule has 0 radical (unpaired) electrons. The van der Waals surface area contributed by atoms with Gasteiger partial charge in [-0.25, -0.2) is 4.57 Å². The van der Waals surface area contributed by atoms with Crippen LogP contribution in [0.25, 0.3) is 11.0 Å². The highest BCUT2D eigenvalue weighted by Crippen LogP contribution is 2.22. The average Bonchev–Trinajstić information content (AvgIpc) is 2.85. The van der Waals surface area contributed by atoms with Gasteiger partial charge in [-0.15, -0.1) is 0 Å². The predicted molar refractivity (Wildman–Crippen MR) is 77.2 cm³/mol. The van der Waals surface area contributed by atoms with Crippen molar-refractivity contribution in [1.29, 1.82) is 0 Å². The number of methoxy groups -OCH3 is 1. The number of carbonyl (C=O) groups excluding carboxylic acids is 1. The Hall–Kier alpha value is -2.62. The Balaban J connectivity index is 2.17. The molecule has 0 spiro atoms. The van der Waals surface area contributed by atoms with Gasteiger partial charge in [0.15, 0.2) is 0 Å². The topological polar surface area (TPSA) is 44.1 Å². The fraction of sp³-hybridized carbons (Fsp3) is 0.125. The number of para-hydroxylation sites is 2. The summed E-state index contributed by atoms with van der Waals surface area (Å²) in [5, 5.41) is 0. The Morgan fingerprint density at radius 3 is 2.50 bits per heavy atom. The lowest BCUT2D eigenvalue weighted by molar-refractivity contribution is 0.0954. The Kier molecular flexibility index (Phi) is 2.99. The maximum Gasteiger partial charge on any atom is 0.304 e. The second-order valence-corrected chi connectivity index (χ2v) is 4.59. The molecule has 0 bridgehead atoms. The average molecular weight is 266 g/mol. The molecule has 3 aromatic rings. The summed E-state index contributed by atoms with van der Waals surface area (Å²) in [6.45, 7) is 1.99. The molecule has 3 rings (SSSR count). The van der Waals surface area contributed by atoms with Crippen LogP contribution in [0.15, 0.2) is 48.5 Å². The zero-order chi connectivity index (χ0) is 14.1. The molecule has 20 heavy (non-hydrogen) atoms. The molecule has 0 saturated carbocycles. The largest absolute Gasteiger partial charge is 0.468 e. The quantitative estimate of drug-likeness (QED) is 0.716. The minimum atomic E-state index is -0.143. The van der Waals surface area contributed by atoms with Crippen molar-refractivity contribution in [2.75, 3.05) is 7.11 Å². The third-order valence-electron chi connectivity index (χ3n) is 3.21. The molecule has 0 atom stereocenters. The molecule has 4 heteroatoms. The van der Waals surface area contributed by atoms with Crippen LogP contribution < -0.4 is 4.74 Å². The highest BCUT2D eigenvalue weighted by Gasteiger charge is 2.18. The van der Waals surface area contributed by atoms with Gasteiger partial charge in [-0.3, -0.25) is 4.79 Å². The van der Waals surface area contributed by atoms with Crippen LogP contribution in [0.5, 0.6) is 6.01 Å². The normalized spacial score (nSPS) is 10.7. The maximum absolute atomic E-state index is 12.7. The second-order valence-electron chi connectivity index (χ2n) is 4.59. The summed E-state index contributed by atoms with van der Waals surface area (Å²) in [6, 6.07) is 15.2. The van der Waals surface area contributed by atoms with E-state index in [0.717, 1.165) is 16.6 Å². The Morgan fingerprint density at radius 2 is 1.80 bits per heavy atom. The zero-order valence-corrected chi connectivity index (χ0v) is 11.3. The van der Waals surface area contributed by atoms with E-state index in [1.807, 2.05) is 55.5 Å². The fourth-order valence-corrected chi connectivity index (χ4v) is 2.16. The van der Waals surface area contributed by atoms with Crippen molar-refractivity contribution in [3.05, 3.63) is 59.7 Å².